The number of rotatable bonds is 3. The number of ether oxygens (including phenoxy) is 4. The van der Waals surface area contributed by atoms with Crippen LogP contribution in [0.25, 0.3) is 0 Å². The summed E-state index contributed by atoms with van der Waals surface area (Å²) in [4.78, 5) is 2.03. The summed E-state index contributed by atoms with van der Waals surface area (Å²) in [5, 5.41) is 10.2. The summed E-state index contributed by atoms with van der Waals surface area (Å²) < 4.78 is 21.4. The second-order valence-electron chi connectivity index (χ2n) is 4.86. The van der Waals surface area contributed by atoms with Crippen LogP contribution >= 0.6 is 0 Å². The molecule has 1 N–H and O–H groups in total. The third-order valence-electron chi connectivity index (χ3n) is 3.63. The molecule has 0 aliphatic carbocycles. The van der Waals surface area contributed by atoms with Crippen LogP contribution in [0.1, 0.15) is 19.8 Å². The largest absolute Gasteiger partial charge is 0.373 e. The van der Waals surface area contributed by atoms with Crippen LogP contribution in [0, 0.1) is 0 Å². The van der Waals surface area contributed by atoms with Gasteiger partial charge in [-0.1, -0.05) is 0 Å². The Morgan fingerprint density at radius 3 is 2.67 bits per heavy atom. The Bertz CT molecular complexity index is 265. The van der Waals surface area contributed by atoms with E-state index in [1.165, 1.54) is 0 Å². The fourth-order valence-electron chi connectivity index (χ4n) is 2.73. The minimum atomic E-state index is -0.725. The van der Waals surface area contributed by atoms with Crippen LogP contribution in [-0.4, -0.2) is 68.3 Å². The van der Waals surface area contributed by atoms with Gasteiger partial charge in [0.2, 0.25) is 0 Å². The van der Waals surface area contributed by atoms with E-state index in [2.05, 4.69) is 0 Å². The van der Waals surface area contributed by atoms with E-state index in [0.29, 0.717) is 13.2 Å². The molecular weight excluding hydrogens is 238 g/mol. The SMILES string of the molecule is CO[C@H]1C[C@@H](N2CCO[C@@H](OC)[C@H]2O)C[C@@H](C)O1. The van der Waals surface area contributed by atoms with Gasteiger partial charge in [0.1, 0.15) is 0 Å². The van der Waals surface area contributed by atoms with Gasteiger partial charge in [0.05, 0.1) is 12.7 Å². The van der Waals surface area contributed by atoms with E-state index in [-0.39, 0.29) is 18.4 Å². The van der Waals surface area contributed by atoms with Crippen molar-refractivity contribution in [2.24, 2.45) is 0 Å². The van der Waals surface area contributed by atoms with Gasteiger partial charge in [0.25, 0.3) is 0 Å². The fraction of sp³-hybridized carbons (Fsp3) is 1.00. The van der Waals surface area contributed by atoms with Crippen molar-refractivity contribution >= 4 is 0 Å². The van der Waals surface area contributed by atoms with Gasteiger partial charge in [0.15, 0.2) is 18.8 Å². The summed E-state index contributed by atoms with van der Waals surface area (Å²) in [5.74, 6) is 0. The Hall–Kier alpha value is -0.240. The molecule has 2 saturated heterocycles. The monoisotopic (exact) mass is 261 g/mol. The molecular formula is C12H23NO5. The van der Waals surface area contributed by atoms with Crippen LogP contribution in [0.5, 0.6) is 0 Å². The van der Waals surface area contributed by atoms with Gasteiger partial charge in [-0.25, -0.2) is 0 Å². The molecule has 2 fully saturated rings. The molecule has 2 rings (SSSR count). The zero-order valence-electron chi connectivity index (χ0n) is 11.2. The maximum absolute atomic E-state index is 10.2. The van der Waals surface area contributed by atoms with Gasteiger partial charge >= 0.3 is 0 Å². The molecule has 0 aromatic heterocycles. The first-order valence-corrected chi connectivity index (χ1v) is 6.42. The molecule has 106 valence electrons. The van der Waals surface area contributed by atoms with Crippen molar-refractivity contribution in [1.29, 1.82) is 0 Å². The number of hydrogen-bond donors (Lipinski definition) is 1. The first kappa shape index (κ1) is 14.2. The Labute approximate surface area is 108 Å². The number of methoxy groups -OCH3 is 2. The van der Waals surface area contributed by atoms with Crippen LogP contribution in [0.3, 0.4) is 0 Å². The normalized spacial score (nSPS) is 43.0. The lowest BCUT2D eigenvalue weighted by Crippen LogP contribution is -2.58. The second kappa shape index (κ2) is 6.27. The van der Waals surface area contributed by atoms with Crippen LogP contribution in [0.4, 0.5) is 0 Å². The van der Waals surface area contributed by atoms with E-state index in [4.69, 9.17) is 18.9 Å². The summed E-state index contributed by atoms with van der Waals surface area (Å²) in [7, 11) is 3.19. The van der Waals surface area contributed by atoms with Crippen molar-refractivity contribution < 1.29 is 24.1 Å². The van der Waals surface area contributed by atoms with Gasteiger partial charge in [-0.05, 0) is 13.3 Å². The van der Waals surface area contributed by atoms with Crippen molar-refractivity contribution in [2.45, 2.75) is 50.7 Å². The quantitative estimate of drug-likeness (QED) is 0.780. The molecule has 0 aromatic carbocycles. The molecule has 2 aliphatic heterocycles. The zero-order chi connectivity index (χ0) is 13.1. The molecule has 0 saturated carbocycles. The highest BCUT2D eigenvalue weighted by Gasteiger charge is 2.39. The van der Waals surface area contributed by atoms with Crippen molar-refractivity contribution in [2.75, 3.05) is 27.4 Å². The van der Waals surface area contributed by atoms with Crippen molar-refractivity contribution in [3.63, 3.8) is 0 Å². The fourth-order valence-corrected chi connectivity index (χ4v) is 2.73. The third kappa shape index (κ3) is 3.01. The highest BCUT2D eigenvalue weighted by molar-refractivity contribution is 4.84. The molecule has 0 spiro atoms. The Morgan fingerprint density at radius 2 is 2.00 bits per heavy atom. The first-order chi connectivity index (χ1) is 8.65. The minimum absolute atomic E-state index is 0.129. The highest BCUT2D eigenvalue weighted by atomic mass is 16.7. The average molecular weight is 261 g/mol. The van der Waals surface area contributed by atoms with E-state index in [9.17, 15) is 5.11 Å². The average Bonchev–Trinajstić information content (AvgIpc) is 2.38. The number of aliphatic hydroxyl groups is 1. The second-order valence-corrected chi connectivity index (χ2v) is 4.86. The predicted octanol–water partition coefficient (Wildman–Crippen LogP) is 0.150. The molecule has 18 heavy (non-hydrogen) atoms. The van der Waals surface area contributed by atoms with Crippen LogP contribution in [-0.2, 0) is 18.9 Å². The summed E-state index contributed by atoms with van der Waals surface area (Å²) in [6, 6.07) is 0.232. The Morgan fingerprint density at radius 1 is 1.22 bits per heavy atom. The smallest absolute Gasteiger partial charge is 0.197 e. The highest BCUT2D eigenvalue weighted by Crippen LogP contribution is 2.27. The maximum Gasteiger partial charge on any atom is 0.197 e. The molecule has 2 heterocycles. The Kier molecular flexibility index (Phi) is 4.94. The standard InChI is InChI=1S/C12H23NO5/c1-8-6-9(7-10(15-2)18-8)13-4-5-17-12(16-3)11(13)14/h8-12,14H,4-7H2,1-3H3/t8-,9+,10-,11-,12-/m1/s1. The molecule has 6 heteroatoms. The Balaban J connectivity index is 2.00. The number of nitrogens with zero attached hydrogens (tertiary/aromatic N) is 1. The van der Waals surface area contributed by atoms with E-state index >= 15 is 0 Å². The lowest BCUT2D eigenvalue weighted by atomic mass is 10.0. The predicted molar refractivity (Wildman–Crippen MR) is 63.8 cm³/mol. The summed E-state index contributed by atoms with van der Waals surface area (Å²) in [5.41, 5.74) is 0. The van der Waals surface area contributed by atoms with Crippen molar-refractivity contribution in [3.8, 4) is 0 Å². The van der Waals surface area contributed by atoms with E-state index < -0.39 is 12.5 Å². The van der Waals surface area contributed by atoms with Crippen LogP contribution in [0.2, 0.25) is 0 Å². The van der Waals surface area contributed by atoms with Crippen LogP contribution in [0.15, 0.2) is 0 Å². The number of hydrogen-bond acceptors (Lipinski definition) is 6. The molecule has 5 atom stereocenters. The number of aliphatic hydroxyl groups excluding tert-OH is 1. The molecule has 0 bridgehead atoms. The first-order valence-electron chi connectivity index (χ1n) is 6.42. The lowest BCUT2D eigenvalue weighted by molar-refractivity contribution is -0.273. The summed E-state index contributed by atoms with van der Waals surface area (Å²) in [6.07, 6.45) is 0.274. The van der Waals surface area contributed by atoms with E-state index in [1.807, 2.05) is 11.8 Å². The van der Waals surface area contributed by atoms with Gasteiger partial charge in [-0.3, -0.25) is 4.90 Å². The van der Waals surface area contributed by atoms with Crippen LogP contribution < -0.4 is 0 Å². The molecule has 2 aliphatic rings. The maximum atomic E-state index is 10.2. The van der Waals surface area contributed by atoms with Crippen molar-refractivity contribution in [3.05, 3.63) is 0 Å². The molecule has 0 unspecified atom stereocenters. The lowest BCUT2D eigenvalue weighted by Gasteiger charge is -2.45. The van der Waals surface area contributed by atoms with Gasteiger partial charge in [-0.15, -0.1) is 0 Å². The summed E-state index contributed by atoms with van der Waals surface area (Å²) >= 11 is 0. The van der Waals surface area contributed by atoms with Gasteiger partial charge in [0, 0.05) is 33.2 Å². The molecule has 6 nitrogen and oxygen atoms in total. The van der Waals surface area contributed by atoms with E-state index in [0.717, 1.165) is 12.8 Å². The number of morpholine rings is 1. The molecule has 0 radical (unpaired) electrons. The minimum Gasteiger partial charge on any atom is -0.373 e. The zero-order valence-corrected chi connectivity index (χ0v) is 11.2. The summed E-state index contributed by atoms with van der Waals surface area (Å²) in [6.45, 7) is 3.30. The van der Waals surface area contributed by atoms with Gasteiger partial charge < -0.3 is 24.1 Å². The van der Waals surface area contributed by atoms with E-state index in [1.54, 1.807) is 14.2 Å². The van der Waals surface area contributed by atoms with Crippen molar-refractivity contribution in [1.82, 2.24) is 4.90 Å². The topological polar surface area (TPSA) is 60.4 Å². The molecule has 0 amide bonds. The van der Waals surface area contributed by atoms with Gasteiger partial charge in [-0.2, -0.15) is 0 Å². The molecule has 0 aromatic rings. The third-order valence-corrected chi connectivity index (χ3v) is 3.63.